The topological polar surface area (TPSA) is 152 Å². The highest BCUT2D eigenvalue weighted by Crippen LogP contribution is 2.24. The highest BCUT2D eigenvalue weighted by Gasteiger charge is 2.34. The molecule has 2 unspecified atom stereocenters. The van der Waals surface area contributed by atoms with Crippen LogP contribution in [0.4, 0.5) is 5.69 Å². The SMILES string of the molecule is CCOC(C(=O)N[C@H]1CC(=O)N2CCCC(CCOc3ccc(C)c(c3)CNC(=O)[C@H](CCc3ccccc3)NC1=O)C2)c1ccc(N)cc1. The average molecular weight is 684 g/mol. The van der Waals surface area contributed by atoms with E-state index in [9.17, 15) is 19.2 Å². The summed E-state index contributed by atoms with van der Waals surface area (Å²) in [4.78, 5) is 57.3. The monoisotopic (exact) mass is 683 g/mol. The number of aryl methyl sites for hydroxylation is 2. The number of nitrogens with zero attached hydrogens (tertiary/aromatic N) is 1. The lowest BCUT2D eigenvalue weighted by Gasteiger charge is -2.34. The van der Waals surface area contributed by atoms with Gasteiger partial charge in [0, 0.05) is 31.9 Å². The number of fused-ring (bicyclic) bond motifs is 4. The van der Waals surface area contributed by atoms with E-state index in [2.05, 4.69) is 16.0 Å². The number of nitrogens with two attached hydrogens (primary N) is 1. The van der Waals surface area contributed by atoms with Gasteiger partial charge in [-0.2, -0.15) is 0 Å². The molecular formula is C39H49N5O6. The molecule has 11 heteroatoms. The summed E-state index contributed by atoms with van der Waals surface area (Å²) in [5.74, 6) is -0.833. The standard InChI is InChI=1S/C39H49N5O6/c1-3-49-36(29-13-15-31(40)16-14-29)39(48)43-34-23-35(45)44-20-7-10-28(25-44)19-21-50-32-17-11-26(2)30(22-32)24-41-37(46)33(42-38(34)47)18-12-27-8-5-4-6-9-27/h4-6,8-9,11,13-17,22,28,33-34,36H,3,7,10,12,18-21,23-25,40H2,1-2H3,(H,41,46)(H,42,47)(H,43,48)/t28?,33-,34-,36?/m0/s1. The van der Waals surface area contributed by atoms with Crippen molar-refractivity contribution in [3.8, 4) is 5.75 Å². The molecule has 0 saturated carbocycles. The van der Waals surface area contributed by atoms with Crippen LogP contribution < -0.4 is 26.4 Å². The summed E-state index contributed by atoms with van der Waals surface area (Å²) in [6.07, 6.45) is 2.10. The second-order valence-corrected chi connectivity index (χ2v) is 13.1. The number of nitrogen functional groups attached to an aromatic ring is 1. The molecule has 11 nitrogen and oxygen atoms in total. The Hall–Kier alpha value is -4.90. The zero-order chi connectivity index (χ0) is 35.5. The molecule has 50 heavy (non-hydrogen) atoms. The van der Waals surface area contributed by atoms with Gasteiger partial charge >= 0.3 is 0 Å². The fraction of sp³-hybridized carbons (Fsp3) is 0.436. The van der Waals surface area contributed by atoms with E-state index in [1.807, 2.05) is 55.5 Å². The number of ether oxygens (including phenoxy) is 2. The summed E-state index contributed by atoms with van der Waals surface area (Å²) in [6, 6.07) is 20.1. The van der Waals surface area contributed by atoms with Crippen LogP contribution >= 0.6 is 0 Å². The number of hydrogen-bond donors (Lipinski definition) is 4. The maximum Gasteiger partial charge on any atom is 0.254 e. The van der Waals surface area contributed by atoms with Crippen LogP contribution in [-0.4, -0.2) is 66.9 Å². The molecule has 2 aliphatic rings. The Labute approximate surface area is 294 Å². The molecule has 266 valence electrons. The second kappa shape index (κ2) is 17.7. The number of nitrogens with one attached hydrogen (secondary N) is 3. The molecule has 5 N–H and O–H groups in total. The first kappa shape index (κ1) is 36.4. The molecule has 0 radical (unpaired) electrons. The van der Waals surface area contributed by atoms with Crippen molar-refractivity contribution in [2.75, 3.05) is 32.0 Å². The minimum Gasteiger partial charge on any atom is -0.494 e. The zero-order valence-corrected chi connectivity index (χ0v) is 29.0. The molecule has 1 saturated heterocycles. The van der Waals surface area contributed by atoms with E-state index in [0.717, 1.165) is 41.7 Å². The molecular weight excluding hydrogens is 634 g/mol. The Morgan fingerprint density at radius 1 is 1.04 bits per heavy atom. The molecule has 4 bridgehead atoms. The summed E-state index contributed by atoms with van der Waals surface area (Å²) >= 11 is 0. The molecule has 2 heterocycles. The third kappa shape index (κ3) is 10.1. The van der Waals surface area contributed by atoms with Gasteiger partial charge in [-0.25, -0.2) is 0 Å². The zero-order valence-electron chi connectivity index (χ0n) is 29.0. The smallest absolute Gasteiger partial charge is 0.254 e. The quantitative estimate of drug-likeness (QED) is 0.262. The van der Waals surface area contributed by atoms with E-state index in [-0.39, 0.29) is 37.3 Å². The molecule has 5 rings (SSSR count). The number of amides is 4. The van der Waals surface area contributed by atoms with Crippen LogP contribution in [0.15, 0.2) is 72.8 Å². The lowest BCUT2D eigenvalue weighted by molar-refractivity contribution is -0.140. The Bertz CT molecular complexity index is 1610. The molecule has 0 aromatic heterocycles. The number of anilines is 1. The van der Waals surface area contributed by atoms with Gasteiger partial charge in [-0.15, -0.1) is 0 Å². The predicted octanol–water partition coefficient (Wildman–Crippen LogP) is 3.98. The molecule has 3 aromatic rings. The van der Waals surface area contributed by atoms with Gasteiger partial charge in [0.1, 0.15) is 17.8 Å². The Morgan fingerprint density at radius 3 is 2.58 bits per heavy atom. The van der Waals surface area contributed by atoms with Crippen LogP contribution in [0, 0.1) is 12.8 Å². The maximum absolute atomic E-state index is 14.1. The van der Waals surface area contributed by atoms with Crippen LogP contribution in [-0.2, 0) is 36.9 Å². The second-order valence-electron chi connectivity index (χ2n) is 13.1. The van der Waals surface area contributed by atoms with E-state index in [1.54, 1.807) is 36.1 Å². The Kier molecular flexibility index (Phi) is 12.9. The fourth-order valence-corrected chi connectivity index (χ4v) is 6.52. The first-order chi connectivity index (χ1) is 24.2. The number of hydrogen-bond acceptors (Lipinski definition) is 7. The normalized spacial score (nSPS) is 21.1. The number of carbonyl (C=O) groups excluding carboxylic acids is 4. The van der Waals surface area contributed by atoms with Gasteiger partial charge in [-0.3, -0.25) is 19.2 Å². The lowest BCUT2D eigenvalue weighted by Crippen LogP contribution is -2.56. The molecule has 0 spiro atoms. The van der Waals surface area contributed by atoms with Crippen molar-refractivity contribution in [1.29, 1.82) is 0 Å². The number of piperidine rings is 1. The average Bonchev–Trinajstić information content (AvgIpc) is 3.12. The van der Waals surface area contributed by atoms with Crippen LogP contribution in [0.2, 0.25) is 0 Å². The van der Waals surface area contributed by atoms with E-state index in [1.165, 1.54) is 0 Å². The molecule has 4 atom stereocenters. The van der Waals surface area contributed by atoms with Crippen LogP contribution in [0.3, 0.4) is 0 Å². The van der Waals surface area contributed by atoms with Crippen molar-refractivity contribution < 1.29 is 28.7 Å². The largest absolute Gasteiger partial charge is 0.494 e. The summed E-state index contributed by atoms with van der Waals surface area (Å²) < 4.78 is 11.9. The third-order valence-corrected chi connectivity index (χ3v) is 9.46. The Morgan fingerprint density at radius 2 is 1.82 bits per heavy atom. The predicted molar refractivity (Wildman–Crippen MR) is 191 cm³/mol. The first-order valence-electron chi connectivity index (χ1n) is 17.6. The van der Waals surface area contributed by atoms with Gasteiger partial charge in [-0.1, -0.05) is 48.5 Å². The van der Waals surface area contributed by atoms with Gasteiger partial charge in [0.2, 0.25) is 17.7 Å². The van der Waals surface area contributed by atoms with Crippen molar-refractivity contribution >= 4 is 29.3 Å². The van der Waals surface area contributed by atoms with E-state index in [0.29, 0.717) is 43.8 Å². The fourth-order valence-electron chi connectivity index (χ4n) is 6.52. The van der Waals surface area contributed by atoms with Crippen molar-refractivity contribution in [2.24, 2.45) is 5.92 Å². The molecule has 4 amide bonds. The molecule has 3 aromatic carbocycles. The summed E-state index contributed by atoms with van der Waals surface area (Å²) in [5.41, 5.74) is 9.90. The first-order valence-corrected chi connectivity index (χ1v) is 17.6. The summed E-state index contributed by atoms with van der Waals surface area (Å²) in [6.45, 7) is 5.83. The van der Waals surface area contributed by atoms with E-state index >= 15 is 0 Å². The maximum atomic E-state index is 14.1. The van der Waals surface area contributed by atoms with Crippen molar-refractivity contribution in [3.05, 3.63) is 95.1 Å². The minimum absolute atomic E-state index is 0.237. The number of rotatable bonds is 8. The lowest BCUT2D eigenvalue weighted by atomic mass is 9.94. The summed E-state index contributed by atoms with van der Waals surface area (Å²) in [5, 5.41) is 8.70. The van der Waals surface area contributed by atoms with E-state index < -0.39 is 30.0 Å². The van der Waals surface area contributed by atoms with Gasteiger partial charge in [-0.05, 0) is 98.4 Å². The van der Waals surface area contributed by atoms with Crippen LogP contribution in [0.25, 0.3) is 0 Å². The molecule has 2 aliphatic heterocycles. The van der Waals surface area contributed by atoms with E-state index in [4.69, 9.17) is 15.2 Å². The van der Waals surface area contributed by atoms with Gasteiger partial charge in [0.15, 0.2) is 6.10 Å². The highest BCUT2D eigenvalue weighted by atomic mass is 16.5. The van der Waals surface area contributed by atoms with Crippen molar-refractivity contribution in [2.45, 2.75) is 77.1 Å². The number of benzene rings is 3. The highest BCUT2D eigenvalue weighted by molar-refractivity contribution is 5.95. The molecule has 0 aliphatic carbocycles. The van der Waals surface area contributed by atoms with Gasteiger partial charge in [0.05, 0.1) is 13.0 Å². The minimum atomic E-state index is -1.25. The van der Waals surface area contributed by atoms with Crippen molar-refractivity contribution in [3.63, 3.8) is 0 Å². The van der Waals surface area contributed by atoms with Gasteiger partial charge < -0.3 is 36.1 Å². The van der Waals surface area contributed by atoms with Crippen LogP contribution in [0.5, 0.6) is 5.75 Å². The van der Waals surface area contributed by atoms with Crippen molar-refractivity contribution in [1.82, 2.24) is 20.9 Å². The van der Waals surface area contributed by atoms with Crippen LogP contribution in [0.1, 0.15) is 67.4 Å². The van der Waals surface area contributed by atoms with Gasteiger partial charge in [0.25, 0.3) is 5.91 Å². The summed E-state index contributed by atoms with van der Waals surface area (Å²) in [7, 11) is 0. The third-order valence-electron chi connectivity index (χ3n) is 9.46. The number of carbonyl (C=O) groups is 4. The Balaban J connectivity index is 1.43. The molecule has 1 fully saturated rings.